The van der Waals surface area contributed by atoms with Gasteiger partial charge in [0.25, 0.3) is 0 Å². The van der Waals surface area contributed by atoms with Crippen LogP contribution in [0.3, 0.4) is 0 Å². The van der Waals surface area contributed by atoms with Gasteiger partial charge in [0.1, 0.15) is 5.69 Å². The van der Waals surface area contributed by atoms with E-state index in [9.17, 15) is 5.11 Å². The summed E-state index contributed by atoms with van der Waals surface area (Å²) < 4.78 is 0. The Morgan fingerprint density at radius 1 is 1.07 bits per heavy atom. The number of hydrogen-bond donors (Lipinski definition) is 3. The zero-order valence-electron chi connectivity index (χ0n) is 16.7. The molecule has 5 rings (SSSR count). The molecule has 2 aliphatic rings. The van der Waals surface area contributed by atoms with E-state index in [0.717, 1.165) is 48.0 Å². The Balaban J connectivity index is 1.31. The Kier molecular flexibility index (Phi) is 4.68. The summed E-state index contributed by atoms with van der Waals surface area (Å²) in [6.45, 7) is 4.24. The topological polar surface area (TPSA) is 92.1 Å². The third-order valence-corrected chi connectivity index (χ3v) is 5.44. The highest BCUT2D eigenvalue weighted by Crippen LogP contribution is 2.23. The number of anilines is 3. The van der Waals surface area contributed by atoms with Crippen LogP contribution in [0.2, 0.25) is 0 Å². The molecule has 3 aromatic rings. The number of benzene rings is 2. The van der Waals surface area contributed by atoms with Crippen molar-refractivity contribution < 1.29 is 5.11 Å². The second-order valence-corrected chi connectivity index (χ2v) is 7.59. The van der Waals surface area contributed by atoms with Crippen LogP contribution in [0, 0.1) is 0 Å². The van der Waals surface area contributed by atoms with Crippen molar-refractivity contribution in [3.8, 4) is 5.88 Å². The van der Waals surface area contributed by atoms with Crippen molar-refractivity contribution in [3.63, 3.8) is 0 Å². The number of piperazine rings is 1. The summed E-state index contributed by atoms with van der Waals surface area (Å²) in [4.78, 5) is 12.1. The number of nitrogens with zero attached hydrogens (tertiary/aromatic N) is 5. The lowest BCUT2D eigenvalue weighted by Crippen LogP contribution is -2.44. The predicted octanol–water partition coefficient (Wildman–Crippen LogP) is 1.41. The van der Waals surface area contributed by atoms with Crippen LogP contribution in [-0.4, -0.2) is 59.4 Å². The summed E-state index contributed by atoms with van der Waals surface area (Å²) in [5.41, 5.74) is 3.63. The summed E-state index contributed by atoms with van der Waals surface area (Å²) in [5, 5.41) is 23.2. The third-order valence-electron chi connectivity index (χ3n) is 5.44. The molecular formula is C22H23N7O. The molecule has 0 amide bonds. The van der Waals surface area contributed by atoms with Gasteiger partial charge in [0, 0.05) is 43.1 Å². The molecule has 8 nitrogen and oxygen atoms in total. The van der Waals surface area contributed by atoms with Crippen LogP contribution >= 0.6 is 0 Å². The van der Waals surface area contributed by atoms with E-state index in [1.807, 2.05) is 36.4 Å². The third kappa shape index (κ3) is 3.77. The summed E-state index contributed by atoms with van der Waals surface area (Å²) in [5.74, 6) is 0.439. The largest absolute Gasteiger partial charge is 0.492 e. The first kappa shape index (κ1) is 18.4. The Bertz CT molecular complexity index is 1210. The van der Waals surface area contributed by atoms with E-state index in [0.29, 0.717) is 11.6 Å². The zero-order chi connectivity index (χ0) is 20.5. The molecule has 1 saturated heterocycles. The number of imidazole rings is 1. The maximum Gasteiger partial charge on any atom is 0.238 e. The van der Waals surface area contributed by atoms with Crippen molar-refractivity contribution in [2.45, 2.75) is 0 Å². The van der Waals surface area contributed by atoms with Gasteiger partial charge in [-0.3, -0.25) is 0 Å². The van der Waals surface area contributed by atoms with Crippen molar-refractivity contribution in [3.05, 3.63) is 64.3 Å². The van der Waals surface area contributed by atoms with Gasteiger partial charge in [0.05, 0.1) is 11.6 Å². The van der Waals surface area contributed by atoms with Crippen molar-refractivity contribution in [2.24, 2.45) is 10.2 Å². The van der Waals surface area contributed by atoms with E-state index in [1.54, 1.807) is 6.21 Å². The van der Waals surface area contributed by atoms with Crippen LogP contribution in [0.5, 0.6) is 5.88 Å². The average Bonchev–Trinajstić information content (AvgIpc) is 3.35. The molecule has 152 valence electrons. The molecule has 0 bridgehead atoms. The Labute approximate surface area is 173 Å². The quantitative estimate of drug-likeness (QED) is 0.615. The molecular weight excluding hydrogens is 378 g/mol. The van der Waals surface area contributed by atoms with E-state index >= 15 is 0 Å². The minimum atomic E-state index is -0.0505. The lowest BCUT2D eigenvalue weighted by Gasteiger charge is -2.34. The molecule has 0 atom stereocenters. The number of hydrogen-bond acceptors (Lipinski definition) is 7. The van der Waals surface area contributed by atoms with Crippen LogP contribution in [0.1, 0.15) is 11.3 Å². The van der Waals surface area contributed by atoms with Crippen molar-refractivity contribution >= 4 is 29.6 Å². The molecule has 8 heteroatoms. The van der Waals surface area contributed by atoms with Gasteiger partial charge in [-0.2, -0.15) is 15.2 Å². The highest BCUT2D eigenvalue weighted by molar-refractivity contribution is 5.80. The summed E-state index contributed by atoms with van der Waals surface area (Å²) in [6, 6.07) is 14.1. The smallest absolute Gasteiger partial charge is 0.238 e. The predicted molar refractivity (Wildman–Crippen MR) is 118 cm³/mol. The SMILES string of the molecule is CN1CCN(c2ccc(Nc3nc(O)c(C=c4ccc5c(c4)C=NN=5)[nH]3)cc2)CC1. The summed E-state index contributed by atoms with van der Waals surface area (Å²) in [7, 11) is 2.16. The lowest BCUT2D eigenvalue weighted by atomic mass is 10.2. The van der Waals surface area contributed by atoms with Gasteiger partial charge in [-0.15, -0.1) is 0 Å². The number of aromatic hydroxyl groups is 1. The Hall–Kier alpha value is -3.65. The molecule has 2 aliphatic heterocycles. The molecule has 3 N–H and O–H groups in total. The van der Waals surface area contributed by atoms with Crippen molar-refractivity contribution in [2.75, 3.05) is 43.4 Å². The number of aromatic amines is 1. The lowest BCUT2D eigenvalue weighted by molar-refractivity contribution is 0.313. The fourth-order valence-corrected chi connectivity index (χ4v) is 3.67. The van der Waals surface area contributed by atoms with Gasteiger partial charge in [-0.25, -0.2) is 0 Å². The van der Waals surface area contributed by atoms with E-state index in [-0.39, 0.29) is 5.88 Å². The highest BCUT2D eigenvalue weighted by atomic mass is 16.3. The van der Waals surface area contributed by atoms with E-state index in [1.165, 1.54) is 5.69 Å². The first-order valence-electron chi connectivity index (χ1n) is 9.96. The highest BCUT2D eigenvalue weighted by Gasteiger charge is 2.14. The standard InChI is InChI=1S/C22H23N7O/c1-28-8-10-29(11-9-28)18-5-3-17(4-6-18)24-22-25-20(21(30)26-22)13-15-2-7-19-16(12-15)14-23-27-19/h2-7,12-14,30H,8-11H2,1H3,(H2,24,25,26). The minimum absolute atomic E-state index is 0.0505. The van der Waals surface area contributed by atoms with Gasteiger partial charge in [-0.1, -0.05) is 6.07 Å². The van der Waals surface area contributed by atoms with E-state index < -0.39 is 0 Å². The van der Waals surface area contributed by atoms with Crippen molar-refractivity contribution in [1.82, 2.24) is 14.9 Å². The van der Waals surface area contributed by atoms with Crippen LogP contribution < -0.4 is 20.8 Å². The molecule has 0 unspecified atom stereocenters. The molecule has 0 saturated carbocycles. The maximum atomic E-state index is 10.2. The number of likely N-dealkylation sites (N-methyl/N-ethyl adjacent to an activating group) is 1. The number of rotatable bonds is 4. The van der Waals surface area contributed by atoms with Gasteiger partial charge < -0.3 is 25.2 Å². The first-order valence-corrected chi connectivity index (χ1v) is 9.96. The number of aromatic nitrogens is 2. The molecule has 1 fully saturated rings. The Morgan fingerprint density at radius 2 is 1.87 bits per heavy atom. The maximum absolute atomic E-state index is 10.2. The molecule has 0 radical (unpaired) electrons. The Morgan fingerprint density at radius 3 is 2.67 bits per heavy atom. The number of fused-ring (bicyclic) bond motifs is 1. The fraction of sp³-hybridized carbons (Fsp3) is 0.227. The normalized spacial score (nSPS) is 16.6. The molecule has 1 aromatic heterocycles. The minimum Gasteiger partial charge on any atom is -0.492 e. The van der Waals surface area contributed by atoms with Crippen molar-refractivity contribution in [1.29, 1.82) is 0 Å². The second-order valence-electron chi connectivity index (χ2n) is 7.59. The molecule has 3 heterocycles. The first-order chi connectivity index (χ1) is 14.6. The van der Waals surface area contributed by atoms with E-state index in [2.05, 4.69) is 54.5 Å². The van der Waals surface area contributed by atoms with Crippen LogP contribution in [0.15, 0.2) is 52.7 Å². The van der Waals surface area contributed by atoms with Crippen LogP contribution in [-0.2, 0) is 0 Å². The second kappa shape index (κ2) is 7.64. The molecule has 0 spiro atoms. The number of H-pyrrole nitrogens is 1. The molecule has 0 aliphatic carbocycles. The van der Waals surface area contributed by atoms with Gasteiger partial charge >= 0.3 is 0 Å². The van der Waals surface area contributed by atoms with E-state index in [4.69, 9.17) is 0 Å². The molecule has 2 aromatic carbocycles. The number of nitrogens with one attached hydrogen (secondary N) is 2. The monoisotopic (exact) mass is 401 g/mol. The fourth-order valence-electron chi connectivity index (χ4n) is 3.67. The average molecular weight is 401 g/mol. The van der Waals surface area contributed by atoms with Gasteiger partial charge in [0.2, 0.25) is 11.8 Å². The van der Waals surface area contributed by atoms with Crippen LogP contribution in [0.25, 0.3) is 6.08 Å². The van der Waals surface area contributed by atoms with Crippen LogP contribution in [0.4, 0.5) is 17.3 Å². The summed E-state index contributed by atoms with van der Waals surface area (Å²) in [6.07, 6.45) is 3.56. The summed E-state index contributed by atoms with van der Waals surface area (Å²) >= 11 is 0. The zero-order valence-corrected chi connectivity index (χ0v) is 16.7. The molecule has 30 heavy (non-hydrogen) atoms. The van der Waals surface area contributed by atoms with Gasteiger partial charge in [-0.05, 0) is 54.7 Å². The van der Waals surface area contributed by atoms with Gasteiger partial charge in [0.15, 0.2) is 0 Å².